The molecule has 1 aromatic heterocycles. The second-order valence-electron chi connectivity index (χ2n) is 8.45. The lowest BCUT2D eigenvalue weighted by molar-refractivity contribution is -0.132. The second-order valence-corrected chi connectivity index (χ2v) is 8.45. The van der Waals surface area contributed by atoms with Crippen LogP contribution < -0.4 is 0 Å². The summed E-state index contributed by atoms with van der Waals surface area (Å²) >= 11 is 0. The molecule has 4 rings (SSSR count). The number of rotatable bonds is 6. The van der Waals surface area contributed by atoms with Gasteiger partial charge in [-0.1, -0.05) is 43.3 Å². The lowest BCUT2D eigenvalue weighted by Gasteiger charge is -2.32. The molecule has 1 aliphatic heterocycles. The molecule has 27 heavy (non-hydrogen) atoms. The number of hydrogen-bond acceptors (Lipinski definition) is 4. The van der Waals surface area contributed by atoms with Crippen LogP contribution in [0.4, 0.5) is 0 Å². The fraction of sp³-hybridized carbons (Fsp3) is 0.591. The fourth-order valence-corrected chi connectivity index (χ4v) is 3.87. The van der Waals surface area contributed by atoms with Crippen molar-refractivity contribution in [1.29, 1.82) is 0 Å². The van der Waals surface area contributed by atoms with Gasteiger partial charge in [0.15, 0.2) is 5.82 Å². The van der Waals surface area contributed by atoms with Gasteiger partial charge >= 0.3 is 0 Å². The normalized spacial score (nSPS) is 20.3. The van der Waals surface area contributed by atoms with Gasteiger partial charge in [0.05, 0.1) is 6.42 Å². The van der Waals surface area contributed by atoms with E-state index in [9.17, 15) is 4.79 Å². The van der Waals surface area contributed by atoms with Crippen LogP contribution in [0.5, 0.6) is 0 Å². The van der Waals surface area contributed by atoms with Crippen LogP contribution in [-0.4, -0.2) is 34.0 Å². The van der Waals surface area contributed by atoms with E-state index in [1.807, 2.05) is 4.90 Å². The molecule has 2 fully saturated rings. The first-order chi connectivity index (χ1) is 13.1. The minimum Gasteiger partial charge on any atom is -0.342 e. The van der Waals surface area contributed by atoms with Crippen LogP contribution in [0, 0.1) is 5.92 Å². The predicted molar refractivity (Wildman–Crippen MR) is 104 cm³/mol. The smallest absolute Gasteiger partial charge is 0.226 e. The second kappa shape index (κ2) is 7.83. The summed E-state index contributed by atoms with van der Waals surface area (Å²) in [5, 5.41) is 4.11. The molecule has 5 heteroatoms. The van der Waals surface area contributed by atoms with Gasteiger partial charge in [-0.25, -0.2) is 0 Å². The summed E-state index contributed by atoms with van der Waals surface area (Å²) in [7, 11) is 0. The molecule has 1 atom stereocenters. The molecule has 2 heterocycles. The number of nitrogens with zero attached hydrogens (tertiary/aromatic N) is 3. The molecule has 1 aromatic carbocycles. The van der Waals surface area contributed by atoms with Crippen molar-refractivity contribution >= 4 is 5.91 Å². The molecular weight excluding hydrogens is 338 g/mol. The highest BCUT2D eigenvalue weighted by Crippen LogP contribution is 2.38. The van der Waals surface area contributed by atoms with Crippen LogP contribution >= 0.6 is 0 Å². The minimum absolute atomic E-state index is 0.223. The number of likely N-dealkylation sites (tertiary alicyclic amines) is 1. The van der Waals surface area contributed by atoms with E-state index < -0.39 is 0 Å². The fourth-order valence-electron chi connectivity index (χ4n) is 3.87. The zero-order valence-electron chi connectivity index (χ0n) is 16.4. The Morgan fingerprint density at radius 2 is 2.00 bits per heavy atom. The molecule has 0 bridgehead atoms. The first-order valence-electron chi connectivity index (χ1n) is 10.3. The van der Waals surface area contributed by atoms with Crippen LogP contribution in [0.2, 0.25) is 0 Å². The number of hydrogen-bond donors (Lipinski definition) is 0. The number of aromatic nitrogens is 2. The quantitative estimate of drug-likeness (QED) is 0.771. The van der Waals surface area contributed by atoms with Gasteiger partial charge in [-0.2, -0.15) is 4.98 Å². The van der Waals surface area contributed by atoms with E-state index in [2.05, 4.69) is 48.3 Å². The molecule has 1 saturated heterocycles. The van der Waals surface area contributed by atoms with Crippen LogP contribution in [0.3, 0.4) is 0 Å². The Balaban J connectivity index is 1.31. The Morgan fingerprint density at radius 3 is 2.70 bits per heavy atom. The molecule has 1 saturated carbocycles. The van der Waals surface area contributed by atoms with Crippen molar-refractivity contribution in [2.75, 3.05) is 13.1 Å². The first-order valence-corrected chi connectivity index (χ1v) is 10.3. The van der Waals surface area contributed by atoms with E-state index in [1.165, 1.54) is 18.4 Å². The van der Waals surface area contributed by atoms with Crippen molar-refractivity contribution in [2.45, 2.75) is 64.2 Å². The summed E-state index contributed by atoms with van der Waals surface area (Å²) in [6, 6.07) is 8.46. The molecule has 5 nitrogen and oxygen atoms in total. The van der Waals surface area contributed by atoms with E-state index in [0.29, 0.717) is 24.2 Å². The summed E-state index contributed by atoms with van der Waals surface area (Å²) in [5.74, 6) is 3.29. The van der Waals surface area contributed by atoms with Gasteiger partial charge in [-0.3, -0.25) is 4.79 Å². The summed E-state index contributed by atoms with van der Waals surface area (Å²) in [6.07, 6.45) is 5.80. The molecule has 2 aliphatic rings. The van der Waals surface area contributed by atoms with Gasteiger partial charge in [0.25, 0.3) is 0 Å². The van der Waals surface area contributed by atoms with E-state index in [4.69, 9.17) is 4.52 Å². The summed E-state index contributed by atoms with van der Waals surface area (Å²) in [4.78, 5) is 19.3. The van der Waals surface area contributed by atoms with Crippen LogP contribution in [0.15, 0.2) is 28.8 Å². The highest BCUT2D eigenvalue weighted by Gasteiger charge is 2.30. The van der Waals surface area contributed by atoms with Gasteiger partial charge in [-0.15, -0.1) is 0 Å². The maximum atomic E-state index is 12.8. The number of carbonyl (C=O) groups excluding carboxylic acids is 1. The van der Waals surface area contributed by atoms with E-state index >= 15 is 0 Å². The Kier molecular flexibility index (Phi) is 5.28. The SMILES string of the molecule is CC(C)c1ccc(CC(=O)N2CCCC(Cc3nc(C4CC4)no3)C2)cc1. The van der Waals surface area contributed by atoms with E-state index in [1.54, 1.807) is 0 Å². The largest absolute Gasteiger partial charge is 0.342 e. The molecular formula is C22H29N3O2. The molecule has 0 spiro atoms. The lowest BCUT2D eigenvalue weighted by Crippen LogP contribution is -2.41. The average molecular weight is 367 g/mol. The molecule has 0 radical (unpaired) electrons. The molecule has 1 amide bonds. The third kappa shape index (κ3) is 4.57. The standard InChI is InChI=1S/C22H29N3O2/c1-15(2)18-7-5-16(6-8-18)13-21(26)25-11-3-4-17(14-25)12-20-23-22(24-27-20)19-9-10-19/h5-8,15,17,19H,3-4,9-14H2,1-2H3. The maximum Gasteiger partial charge on any atom is 0.226 e. The minimum atomic E-state index is 0.223. The first kappa shape index (κ1) is 18.2. The average Bonchev–Trinajstić information content (AvgIpc) is 3.42. The van der Waals surface area contributed by atoms with Crippen molar-refractivity contribution in [3.05, 3.63) is 47.1 Å². The van der Waals surface area contributed by atoms with Gasteiger partial charge in [0.2, 0.25) is 11.8 Å². The Bertz CT molecular complexity index is 777. The molecule has 2 aromatic rings. The van der Waals surface area contributed by atoms with E-state index in [-0.39, 0.29) is 5.91 Å². The van der Waals surface area contributed by atoms with Crippen molar-refractivity contribution in [3.63, 3.8) is 0 Å². The third-order valence-electron chi connectivity index (χ3n) is 5.76. The summed E-state index contributed by atoms with van der Waals surface area (Å²) < 4.78 is 5.43. The van der Waals surface area contributed by atoms with Crippen molar-refractivity contribution in [2.24, 2.45) is 5.92 Å². The zero-order chi connectivity index (χ0) is 18.8. The van der Waals surface area contributed by atoms with Gasteiger partial charge in [0, 0.05) is 25.4 Å². The van der Waals surface area contributed by atoms with Gasteiger partial charge < -0.3 is 9.42 Å². The number of carbonyl (C=O) groups is 1. The Hall–Kier alpha value is -2.17. The monoisotopic (exact) mass is 367 g/mol. The van der Waals surface area contributed by atoms with Gasteiger partial charge in [-0.05, 0) is 48.6 Å². The summed E-state index contributed by atoms with van der Waals surface area (Å²) in [6.45, 7) is 6.02. The van der Waals surface area contributed by atoms with Crippen LogP contribution in [-0.2, 0) is 17.6 Å². The van der Waals surface area contributed by atoms with Crippen LogP contribution in [0.25, 0.3) is 0 Å². The third-order valence-corrected chi connectivity index (χ3v) is 5.76. The predicted octanol–water partition coefficient (Wildman–Crippen LogP) is 4.09. The van der Waals surface area contributed by atoms with Crippen molar-refractivity contribution in [1.82, 2.24) is 15.0 Å². The summed E-state index contributed by atoms with van der Waals surface area (Å²) in [5.41, 5.74) is 2.41. The molecule has 1 aliphatic carbocycles. The van der Waals surface area contributed by atoms with Crippen molar-refractivity contribution < 1.29 is 9.32 Å². The molecule has 0 N–H and O–H groups in total. The van der Waals surface area contributed by atoms with Crippen LogP contribution in [0.1, 0.15) is 74.2 Å². The molecule has 144 valence electrons. The number of amides is 1. The van der Waals surface area contributed by atoms with Gasteiger partial charge in [0.1, 0.15) is 0 Å². The topological polar surface area (TPSA) is 59.2 Å². The number of piperidine rings is 1. The zero-order valence-corrected chi connectivity index (χ0v) is 16.4. The van der Waals surface area contributed by atoms with E-state index in [0.717, 1.165) is 49.6 Å². The Labute approximate surface area is 161 Å². The highest BCUT2D eigenvalue weighted by molar-refractivity contribution is 5.78. The van der Waals surface area contributed by atoms with Crippen molar-refractivity contribution in [3.8, 4) is 0 Å². The molecule has 1 unspecified atom stereocenters. The lowest BCUT2D eigenvalue weighted by atomic mass is 9.94. The number of benzene rings is 1. The maximum absolute atomic E-state index is 12.8. The highest BCUT2D eigenvalue weighted by atomic mass is 16.5. The Morgan fingerprint density at radius 1 is 1.22 bits per heavy atom.